The molecular weight excluding hydrogens is 266 g/mol. The topological polar surface area (TPSA) is 24.9 Å². The Bertz CT molecular complexity index is 552. The smallest absolute Gasteiger partial charge is 0.129 e. The zero-order valence-electron chi connectivity index (χ0n) is 10.9. The highest BCUT2D eigenvalue weighted by Crippen LogP contribution is 2.18. The van der Waals surface area contributed by atoms with Gasteiger partial charge < -0.3 is 5.32 Å². The SMILES string of the molecule is CC(C)NCc1csc(Cc2ccc(F)cc2F)n1. The Balaban J connectivity index is 2.03. The van der Waals surface area contributed by atoms with Crippen LogP contribution in [-0.2, 0) is 13.0 Å². The molecule has 0 radical (unpaired) electrons. The highest BCUT2D eigenvalue weighted by Gasteiger charge is 2.08. The summed E-state index contributed by atoms with van der Waals surface area (Å²) in [4.78, 5) is 4.44. The highest BCUT2D eigenvalue weighted by molar-refractivity contribution is 7.09. The minimum Gasteiger partial charge on any atom is -0.309 e. The van der Waals surface area contributed by atoms with Crippen LogP contribution in [0.1, 0.15) is 30.1 Å². The predicted molar refractivity (Wildman–Crippen MR) is 73.3 cm³/mol. The van der Waals surface area contributed by atoms with E-state index in [1.54, 1.807) is 0 Å². The summed E-state index contributed by atoms with van der Waals surface area (Å²) in [5.41, 5.74) is 1.43. The molecule has 102 valence electrons. The summed E-state index contributed by atoms with van der Waals surface area (Å²) in [7, 11) is 0. The molecule has 0 saturated heterocycles. The molecule has 2 aromatic rings. The number of benzene rings is 1. The lowest BCUT2D eigenvalue weighted by Gasteiger charge is -2.04. The van der Waals surface area contributed by atoms with E-state index in [-0.39, 0.29) is 0 Å². The fourth-order valence-corrected chi connectivity index (χ4v) is 2.46. The maximum absolute atomic E-state index is 13.5. The molecule has 0 amide bonds. The van der Waals surface area contributed by atoms with Gasteiger partial charge in [0.15, 0.2) is 0 Å². The van der Waals surface area contributed by atoms with Gasteiger partial charge in [0, 0.05) is 30.5 Å². The second-order valence-electron chi connectivity index (χ2n) is 4.68. The van der Waals surface area contributed by atoms with E-state index in [4.69, 9.17) is 0 Å². The molecule has 0 unspecified atom stereocenters. The predicted octanol–water partition coefficient (Wildman–Crippen LogP) is 3.51. The largest absolute Gasteiger partial charge is 0.309 e. The Morgan fingerprint density at radius 1 is 1.32 bits per heavy atom. The van der Waals surface area contributed by atoms with E-state index in [0.29, 0.717) is 24.6 Å². The summed E-state index contributed by atoms with van der Waals surface area (Å²) in [6.45, 7) is 4.85. The number of hydrogen-bond acceptors (Lipinski definition) is 3. The minimum atomic E-state index is -0.554. The molecule has 5 heteroatoms. The van der Waals surface area contributed by atoms with Crippen molar-refractivity contribution in [1.82, 2.24) is 10.3 Å². The number of thiazole rings is 1. The van der Waals surface area contributed by atoms with Crippen LogP contribution in [0.3, 0.4) is 0 Å². The Kier molecular flexibility index (Phi) is 4.61. The van der Waals surface area contributed by atoms with Crippen LogP contribution in [0.15, 0.2) is 23.6 Å². The first-order valence-electron chi connectivity index (χ1n) is 6.15. The van der Waals surface area contributed by atoms with E-state index in [1.807, 2.05) is 5.38 Å². The van der Waals surface area contributed by atoms with Crippen molar-refractivity contribution in [3.8, 4) is 0 Å². The number of nitrogens with zero attached hydrogens (tertiary/aromatic N) is 1. The Morgan fingerprint density at radius 3 is 2.79 bits per heavy atom. The molecule has 0 atom stereocenters. The van der Waals surface area contributed by atoms with Crippen LogP contribution in [0.5, 0.6) is 0 Å². The van der Waals surface area contributed by atoms with Crippen LogP contribution in [0.4, 0.5) is 8.78 Å². The molecule has 0 spiro atoms. The van der Waals surface area contributed by atoms with Crippen molar-refractivity contribution < 1.29 is 8.78 Å². The molecule has 0 aliphatic carbocycles. The van der Waals surface area contributed by atoms with E-state index in [9.17, 15) is 8.78 Å². The molecule has 0 saturated carbocycles. The summed E-state index contributed by atoms with van der Waals surface area (Å²) >= 11 is 1.50. The van der Waals surface area contributed by atoms with Crippen molar-refractivity contribution in [1.29, 1.82) is 0 Å². The Hall–Kier alpha value is -1.33. The summed E-state index contributed by atoms with van der Waals surface area (Å²) in [6, 6.07) is 4.05. The highest BCUT2D eigenvalue weighted by atomic mass is 32.1. The zero-order chi connectivity index (χ0) is 13.8. The van der Waals surface area contributed by atoms with Gasteiger partial charge in [-0.25, -0.2) is 13.8 Å². The average Bonchev–Trinajstić information content (AvgIpc) is 2.78. The molecule has 1 heterocycles. The van der Waals surface area contributed by atoms with Crippen LogP contribution < -0.4 is 5.32 Å². The quantitative estimate of drug-likeness (QED) is 0.907. The standard InChI is InChI=1S/C14H16F2N2S/c1-9(2)17-7-12-8-19-14(18-12)5-10-3-4-11(15)6-13(10)16/h3-4,6,8-9,17H,5,7H2,1-2H3. The maximum Gasteiger partial charge on any atom is 0.129 e. The summed E-state index contributed by atoms with van der Waals surface area (Å²) in [6.07, 6.45) is 0.401. The molecule has 0 aliphatic rings. The molecule has 2 nitrogen and oxygen atoms in total. The second-order valence-corrected chi connectivity index (χ2v) is 5.62. The fraction of sp³-hybridized carbons (Fsp3) is 0.357. The Labute approximate surface area is 115 Å². The lowest BCUT2D eigenvalue weighted by molar-refractivity contribution is 0.573. The van der Waals surface area contributed by atoms with Crippen LogP contribution in [0.2, 0.25) is 0 Å². The van der Waals surface area contributed by atoms with Crippen molar-refractivity contribution in [3.63, 3.8) is 0 Å². The average molecular weight is 282 g/mol. The molecule has 19 heavy (non-hydrogen) atoms. The van der Waals surface area contributed by atoms with Gasteiger partial charge in [0.25, 0.3) is 0 Å². The minimum absolute atomic E-state index is 0.401. The lowest BCUT2D eigenvalue weighted by Crippen LogP contribution is -2.21. The van der Waals surface area contributed by atoms with Crippen molar-refractivity contribution in [2.24, 2.45) is 0 Å². The third-order valence-electron chi connectivity index (χ3n) is 2.65. The second kappa shape index (κ2) is 6.21. The summed E-state index contributed by atoms with van der Waals surface area (Å²) < 4.78 is 26.3. The molecule has 0 fully saturated rings. The van der Waals surface area contributed by atoms with E-state index in [1.165, 1.54) is 23.5 Å². The molecule has 0 aliphatic heterocycles. The first-order chi connectivity index (χ1) is 9.04. The molecular formula is C14H16F2N2S. The Morgan fingerprint density at radius 2 is 2.11 bits per heavy atom. The van der Waals surface area contributed by atoms with Crippen molar-refractivity contribution >= 4 is 11.3 Å². The normalized spacial score (nSPS) is 11.2. The van der Waals surface area contributed by atoms with Crippen molar-refractivity contribution in [3.05, 3.63) is 51.5 Å². The van der Waals surface area contributed by atoms with E-state index in [2.05, 4.69) is 24.1 Å². The van der Waals surface area contributed by atoms with Gasteiger partial charge in [-0.3, -0.25) is 0 Å². The molecule has 1 aromatic heterocycles. The number of hydrogen-bond donors (Lipinski definition) is 1. The van der Waals surface area contributed by atoms with Crippen LogP contribution in [0.25, 0.3) is 0 Å². The van der Waals surface area contributed by atoms with Gasteiger partial charge in [0.2, 0.25) is 0 Å². The van der Waals surface area contributed by atoms with Gasteiger partial charge in [-0.05, 0) is 11.6 Å². The molecule has 1 aromatic carbocycles. The molecule has 1 N–H and O–H groups in total. The number of aromatic nitrogens is 1. The third-order valence-corrected chi connectivity index (χ3v) is 3.55. The zero-order valence-corrected chi connectivity index (χ0v) is 11.7. The van der Waals surface area contributed by atoms with Gasteiger partial charge in [0.1, 0.15) is 11.6 Å². The van der Waals surface area contributed by atoms with E-state index in [0.717, 1.165) is 16.8 Å². The number of halogens is 2. The summed E-state index contributed by atoms with van der Waals surface area (Å²) in [5.74, 6) is -1.07. The van der Waals surface area contributed by atoms with Crippen molar-refractivity contribution in [2.75, 3.05) is 0 Å². The number of nitrogens with one attached hydrogen (secondary N) is 1. The van der Waals surface area contributed by atoms with Gasteiger partial charge in [0.05, 0.1) is 10.7 Å². The molecule has 0 bridgehead atoms. The monoisotopic (exact) mass is 282 g/mol. The van der Waals surface area contributed by atoms with Gasteiger partial charge >= 0.3 is 0 Å². The van der Waals surface area contributed by atoms with Crippen LogP contribution in [-0.4, -0.2) is 11.0 Å². The van der Waals surface area contributed by atoms with E-state index >= 15 is 0 Å². The first-order valence-corrected chi connectivity index (χ1v) is 7.03. The first kappa shape index (κ1) is 14.1. The fourth-order valence-electron chi connectivity index (χ4n) is 1.65. The lowest BCUT2D eigenvalue weighted by atomic mass is 10.1. The van der Waals surface area contributed by atoms with Crippen LogP contribution >= 0.6 is 11.3 Å². The van der Waals surface area contributed by atoms with Crippen molar-refractivity contribution in [2.45, 2.75) is 32.9 Å². The van der Waals surface area contributed by atoms with Gasteiger partial charge in [-0.15, -0.1) is 11.3 Å². The number of rotatable bonds is 5. The van der Waals surface area contributed by atoms with E-state index < -0.39 is 11.6 Å². The third kappa shape index (κ3) is 4.08. The van der Waals surface area contributed by atoms with Gasteiger partial charge in [-0.2, -0.15) is 0 Å². The van der Waals surface area contributed by atoms with Gasteiger partial charge in [-0.1, -0.05) is 19.9 Å². The van der Waals surface area contributed by atoms with Crippen LogP contribution in [0, 0.1) is 11.6 Å². The maximum atomic E-state index is 13.5. The molecule has 2 rings (SSSR count). The summed E-state index contributed by atoms with van der Waals surface area (Å²) in [5, 5.41) is 6.08.